The van der Waals surface area contributed by atoms with Gasteiger partial charge in [-0.05, 0) is 49.1 Å². The van der Waals surface area contributed by atoms with Gasteiger partial charge in [-0.1, -0.05) is 30.3 Å². The number of hydrogen-bond donors (Lipinski definition) is 1. The van der Waals surface area contributed by atoms with Gasteiger partial charge in [0.25, 0.3) is 0 Å². The van der Waals surface area contributed by atoms with Crippen molar-refractivity contribution < 1.29 is 9.53 Å². The molecule has 0 saturated carbocycles. The van der Waals surface area contributed by atoms with Gasteiger partial charge < -0.3 is 10.1 Å². The Kier molecular flexibility index (Phi) is 5.81. The van der Waals surface area contributed by atoms with Gasteiger partial charge in [0.15, 0.2) is 0 Å². The Bertz CT molecular complexity index is 702. The van der Waals surface area contributed by atoms with Gasteiger partial charge in [-0.3, -0.25) is 4.79 Å². The first kappa shape index (κ1) is 16.9. The number of rotatable bonds is 6. The van der Waals surface area contributed by atoms with Crippen LogP contribution in [0.3, 0.4) is 0 Å². The van der Waals surface area contributed by atoms with Gasteiger partial charge in [-0.15, -0.1) is 11.8 Å². The van der Waals surface area contributed by atoms with Crippen LogP contribution in [0.2, 0.25) is 0 Å². The first-order valence-corrected chi connectivity index (χ1v) is 9.41. The second-order valence-corrected chi connectivity index (χ2v) is 7.20. The van der Waals surface area contributed by atoms with Crippen molar-refractivity contribution >= 4 is 17.7 Å². The second kappa shape index (κ2) is 8.25. The normalized spacial score (nSPS) is 16.3. The van der Waals surface area contributed by atoms with Crippen molar-refractivity contribution in [2.24, 2.45) is 0 Å². The maximum atomic E-state index is 12.2. The molecular weight excluding hydrogens is 318 g/mol. The number of thioether (sulfide) groups is 1. The molecule has 0 aromatic heterocycles. The van der Waals surface area contributed by atoms with Gasteiger partial charge in [0.05, 0.1) is 12.6 Å². The van der Waals surface area contributed by atoms with Crippen molar-refractivity contribution in [1.82, 2.24) is 5.32 Å². The van der Waals surface area contributed by atoms with E-state index in [1.807, 2.05) is 49.0 Å². The standard InChI is InChI=1S/C20H23NO2S/c1-15-6-4-7-16(14-15)23-12-5-10-20(22)21-18-11-13-24-19-9-3-2-8-17(18)19/h2-4,6-9,14,18H,5,10-13H2,1H3,(H,21,22)/t18-/m1/s1. The van der Waals surface area contributed by atoms with E-state index in [9.17, 15) is 4.79 Å². The zero-order chi connectivity index (χ0) is 16.8. The fraction of sp³-hybridized carbons (Fsp3) is 0.350. The average Bonchev–Trinajstić information content (AvgIpc) is 2.59. The molecule has 3 rings (SSSR count). The third-order valence-corrected chi connectivity index (χ3v) is 5.22. The summed E-state index contributed by atoms with van der Waals surface area (Å²) >= 11 is 1.87. The van der Waals surface area contributed by atoms with Gasteiger partial charge in [-0.25, -0.2) is 0 Å². The third-order valence-electron chi connectivity index (χ3n) is 4.10. The number of aryl methyl sites for hydroxylation is 1. The Morgan fingerprint density at radius 1 is 1.25 bits per heavy atom. The van der Waals surface area contributed by atoms with E-state index in [4.69, 9.17) is 4.74 Å². The molecule has 0 bridgehead atoms. The van der Waals surface area contributed by atoms with Gasteiger partial charge in [0.1, 0.15) is 5.75 Å². The summed E-state index contributed by atoms with van der Waals surface area (Å²) < 4.78 is 5.70. The first-order valence-electron chi connectivity index (χ1n) is 8.43. The highest BCUT2D eigenvalue weighted by Gasteiger charge is 2.21. The molecule has 1 aliphatic rings. The van der Waals surface area contributed by atoms with Crippen molar-refractivity contribution in [3.05, 3.63) is 59.7 Å². The highest BCUT2D eigenvalue weighted by Crippen LogP contribution is 2.35. The van der Waals surface area contributed by atoms with Crippen LogP contribution in [0.4, 0.5) is 0 Å². The van der Waals surface area contributed by atoms with E-state index < -0.39 is 0 Å². The van der Waals surface area contributed by atoms with E-state index in [2.05, 4.69) is 23.5 Å². The molecule has 4 heteroatoms. The molecule has 3 nitrogen and oxygen atoms in total. The van der Waals surface area contributed by atoms with E-state index in [0.717, 1.165) is 24.3 Å². The van der Waals surface area contributed by atoms with Gasteiger partial charge in [-0.2, -0.15) is 0 Å². The molecule has 0 aliphatic carbocycles. The summed E-state index contributed by atoms with van der Waals surface area (Å²) in [6.45, 7) is 2.61. The lowest BCUT2D eigenvalue weighted by Crippen LogP contribution is -2.30. The summed E-state index contributed by atoms with van der Waals surface area (Å²) in [6.07, 6.45) is 2.22. The van der Waals surface area contributed by atoms with Crippen molar-refractivity contribution in [2.75, 3.05) is 12.4 Å². The fourth-order valence-corrected chi connectivity index (χ4v) is 4.01. The quantitative estimate of drug-likeness (QED) is 0.786. The maximum Gasteiger partial charge on any atom is 0.220 e. The molecule has 2 aromatic carbocycles. The Labute approximate surface area is 147 Å². The summed E-state index contributed by atoms with van der Waals surface area (Å²) in [4.78, 5) is 13.5. The Balaban J connectivity index is 1.43. The molecule has 1 heterocycles. The topological polar surface area (TPSA) is 38.3 Å². The Morgan fingerprint density at radius 3 is 3.00 bits per heavy atom. The minimum atomic E-state index is 0.106. The second-order valence-electron chi connectivity index (χ2n) is 6.06. The largest absolute Gasteiger partial charge is 0.494 e. The molecule has 1 N–H and O–H groups in total. The number of fused-ring (bicyclic) bond motifs is 1. The van der Waals surface area contributed by atoms with Gasteiger partial charge in [0.2, 0.25) is 5.91 Å². The van der Waals surface area contributed by atoms with E-state index in [1.165, 1.54) is 16.0 Å². The van der Waals surface area contributed by atoms with Gasteiger partial charge >= 0.3 is 0 Å². The van der Waals surface area contributed by atoms with Crippen molar-refractivity contribution in [1.29, 1.82) is 0 Å². The van der Waals surface area contributed by atoms with Crippen LogP contribution in [-0.2, 0) is 4.79 Å². The number of carbonyl (C=O) groups is 1. The number of amides is 1. The number of carbonyl (C=O) groups excluding carboxylic acids is 1. The molecule has 0 fully saturated rings. The van der Waals surface area contributed by atoms with E-state index in [-0.39, 0.29) is 11.9 Å². The van der Waals surface area contributed by atoms with Crippen LogP contribution in [0.5, 0.6) is 5.75 Å². The SMILES string of the molecule is Cc1cccc(OCCCC(=O)N[C@@H]2CCSc3ccccc32)c1. The third kappa shape index (κ3) is 4.54. The number of ether oxygens (including phenoxy) is 1. The molecule has 2 aromatic rings. The molecule has 0 saturated heterocycles. The van der Waals surface area contributed by atoms with E-state index >= 15 is 0 Å². The van der Waals surface area contributed by atoms with Crippen LogP contribution in [0.15, 0.2) is 53.4 Å². The van der Waals surface area contributed by atoms with Crippen molar-refractivity contribution in [3.8, 4) is 5.75 Å². The number of hydrogen-bond acceptors (Lipinski definition) is 3. The van der Waals surface area contributed by atoms with Crippen molar-refractivity contribution in [2.45, 2.75) is 37.1 Å². The smallest absolute Gasteiger partial charge is 0.220 e. The average molecular weight is 341 g/mol. The zero-order valence-electron chi connectivity index (χ0n) is 14.0. The summed E-state index contributed by atoms with van der Waals surface area (Å²) in [5, 5.41) is 3.18. The molecule has 1 atom stereocenters. The number of benzene rings is 2. The predicted octanol–water partition coefficient (Wildman–Crippen LogP) is 4.51. The van der Waals surface area contributed by atoms with Crippen LogP contribution in [0, 0.1) is 6.92 Å². The van der Waals surface area contributed by atoms with E-state index in [0.29, 0.717) is 13.0 Å². The first-order chi connectivity index (χ1) is 11.7. The van der Waals surface area contributed by atoms with Crippen LogP contribution >= 0.6 is 11.8 Å². The predicted molar refractivity (Wildman–Crippen MR) is 98.6 cm³/mol. The summed E-state index contributed by atoms with van der Waals surface area (Å²) in [7, 11) is 0. The molecule has 0 spiro atoms. The minimum Gasteiger partial charge on any atom is -0.494 e. The molecular formula is C20H23NO2S. The minimum absolute atomic E-state index is 0.106. The lowest BCUT2D eigenvalue weighted by molar-refractivity contribution is -0.122. The molecule has 24 heavy (non-hydrogen) atoms. The monoisotopic (exact) mass is 341 g/mol. The molecule has 126 valence electrons. The molecule has 0 unspecified atom stereocenters. The Hall–Kier alpha value is -1.94. The highest BCUT2D eigenvalue weighted by molar-refractivity contribution is 7.99. The molecule has 1 aliphatic heterocycles. The van der Waals surface area contributed by atoms with E-state index in [1.54, 1.807) is 0 Å². The summed E-state index contributed by atoms with van der Waals surface area (Å²) in [5.74, 6) is 2.03. The molecule has 0 radical (unpaired) electrons. The zero-order valence-corrected chi connectivity index (χ0v) is 14.8. The summed E-state index contributed by atoms with van der Waals surface area (Å²) in [5.41, 5.74) is 2.43. The highest BCUT2D eigenvalue weighted by atomic mass is 32.2. The molecule has 1 amide bonds. The Morgan fingerprint density at radius 2 is 2.12 bits per heavy atom. The van der Waals surface area contributed by atoms with Crippen molar-refractivity contribution in [3.63, 3.8) is 0 Å². The van der Waals surface area contributed by atoms with Crippen LogP contribution < -0.4 is 10.1 Å². The maximum absolute atomic E-state index is 12.2. The van der Waals surface area contributed by atoms with Crippen LogP contribution in [-0.4, -0.2) is 18.3 Å². The lowest BCUT2D eigenvalue weighted by Gasteiger charge is -2.25. The van der Waals surface area contributed by atoms with Crippen LogP contribution in [0.1, 0.15) is 36.4 Å². The fourth-order valence-electron chi connectivity index (χ4n) is 2.89. The number of nitrogens with one attached hydrogen (secondary N) is 1. The van der Waals surface area contributed by atoms with Crippen LogP contribution in [0.25, 0.3) is 0 Å². The lowest BCUT2D eigenvalue weighted by atomic mass is 10.0. The summed E-state index contributed by atoms with van der Waals surface area (Å²) in [6, 6.07) is 16.5. The van der Waals surface area contributed by atoms with Gasteiger partial charge in [0, 0.05) is 17.1 Å².